The van der Waals surface area contributed by atoms with Crippen LogP contribution < -0.4 is 0 Å². The Morgan fingerprint density at radius 2 is 1.81 bits per heavy atom. The van der Waals surface area contributed by atoms with E-state index in [9.17, 15) is 13.2 Å². The van der Waals surface area contributed by atoms with Crippen LogP contribution in [-0.2, 0) is 23.5 Å². The van der Waals surface area contributed by atoms with E-state index in [1.807, 2.05) is 30.3 Å². The van der Waals surface area contributed by atoms with Crippen molar-refractivity contribution in [3.05, 3.63) is 52.3 Å². The van der Waals surface area contributed by atoms with Gasteiger partial charge in [-0.2, -0.15) is 8.42 Å². The number of rotatable bonds is 2. The molecule has 0 radical (unpaired) electrons. The fraction of sp³-hybridized carbons (Fsp3) is 0. The van der Waals surface area contributed by atoms with Gasteiger partial charge in [-0.25, -0.2) is 0 Å². The lowest BCUT2D eigenvalue weighted by Crippen LogP contribution is -1.92. The first-order chi connectivity index (χ1) is 7.74. The summed E-state index contributed by atoms with van der Waals surface area (Å²) in [5.74, 6) is 0. The predicted octanol–water partition coefficient (Wildman–Crippen LogP) is 1.54. The number of allylic oxidation sites excluding steroid dienone is 3. The summed E-state index contributed by atoms with van der Waals surface area (Å²) in [5, 5.41) is 1.55. The van der Waals surface area contributed by atoms with E-state index in [1.165, 1.54) is 0 Å². The van der Waals surface area contributed by atoms with Crippen LogP contribution in [-0.4, -0.2) is 14.7 Å². The Hall–Kier alpha value is -1.46. The normalized spacial score (nSPS) is 18.9. The van der Waals surface area contributed by atoms with Crippen molar-refractivity contribution in [2.45, 2.75) is 0 Å². The first kappa shape index (κ1) is 11.0. The van der Waals surface area contributed by atoms with Gasteiger partial charge in [0, 0.05) is 0 Å². The quantitative estimate of drug-likeness (QED) is 0.750. The minimum atomic E-state index is -2.26. The number of benzene rings is 1. The third kappa shape index (κ3) is 1.91. The minimum Gasteiger partial charge on any atom is -0.297 e. The summed E-state index contributed by atoms with van der Waals surface area (Å²) >= 11 is 0. The molecule has 1 aliphatic heterocycles. The summed E-state index contributed by atoms with van der Waals surface area (Å²) in [6.45, 7) is 0. The molecule has 82 valence electrons. The zero-order valence-electron chi connectivity index (χ0n) is 8.16. The summed E-state index contributed by atoms with van der Waals surface area (Å²) in [7, 11) is -3.36. The van der Waals surface area contributed by atoms with Crippen LogP contribution in [0.5, 0.6) is 0 Å². The van der Waals surface area contributed by atoms with Crippen LogP contribution in [0.4, 0.5) is 0 Å². The highest BCUT2D eigenvalue weighted by Gasteiger charge is 2.16. The molecule has 16 heavy (non-hydrogen) atoms. The Balaban J connectivity index is 2.67. The largest absolute Gasteiger partial charge is 0.297 e. The third-order valence-corrected chi connectivity index (χ3v) is 5.36. The van der Waals surface area contributed by atoms with Crippen molar-refractivity contribution in [1.29, 1.82) is 0 Å². The van der Waals surface area contributed by atoms with Crippen molar-refractivity contribution in [2.24, 2.45) is 0 Å². The predicted molar refractivity (Wildman–Crippen MR) is 64.9 cm³/mol. The molecular weight excluding hydrogens is 244 g/mol. The summed E-state index contributed by atoms with van der Waals surface area (Å²) in [5.41, 5.74) is 1.56. The van der Waals surface area contributed by atoms with Gasteiger partial charge >= 0.3 is 0 Å². The van der Waals surface area contributed by atoms with Crippen molar-refractivity contribution in [3.63, 3.8) is 0 Å². The van der Waals surface area contributed by atoms with E-state index in [-0.39, 0.29) is 0 Å². The van der Waals surface area contributed by atoms with E-state index in [2.05, 4.69) is 0 Å². The lowest BCUT2D eigenvalue weighted by Gasteiger charge is -2.00. The SMILES string of the molecule is O=CC1=C(c2ccccc2)C=CS1=S(=O)=O. The third-order valence-electron chi connectivity index (χ3n) is 2.18. The molecule has 3 nitrogen and oxygen atoms in total. The molecule has 0 N–H and O–H groups in total. The second kappa shape index (κ2) is 4.59. The van der Waals surface area contributed by atoms with Gasteiger partial charge in [-0.15, -0.1) is 0 Å². The van der Waals surface area contributed by atoms with Crippen LogP contribution in [0.3, 0.4) is 0 Å². The van der Waals surface area contributed by atoms with Gasteiger partial charge in [0.25, 0.3) is 0 Å². The number of carbonyl (C=O) groups excluding carboxylic acids is 1. The van der Waals surface area contributed by atoms with E-state index >= 15 is 0 Å². The van der Waals surface area contributed by atoms with Crippen molar-refractivity contribution < 1.29 is 13.2 Å². The Kier molecular flexibility index (Phi) is 3.17. The highest BCUT2D eigenvalue weighted by molar-refractivity contribution is 8.38. The van der Waals surface area contributed by atoms with Crippen LogP contribution in [0.2, 0.25) is 0 Å². The molecule has 1 atom stereocenters. The summed E-state index contributed by atoms with van der Waals surface area (Å²) in [6, 6.07) is 9.27. The van der Waals surface area contributed by atoms with Crippen molar-refractivity contribution in [2.75, 3.05) is 0 Å². The molecule has 1 aromatic carbocycles. The molecule has 2 rings (SSSR count). The first-order valence-corrected chi connectivity index (χ1v) is 7.38. The zero-order chi connectivity index (χ0) is 11.5. The molecule has 1 aromatic rings. The van der Waals surface area contributed by atoms with Gasteiger partial charge < -0.3 is 0 Å². The van der Waals surface area contributed by atoms with Crippen molar-refractivity contribution in [1.82, 2.24) is 0 Å². The molecule has 0 amide bonds. The molecule has 1 unspecified atom stereocenters. The maximum Gasteiger partial charge on any atom is 0.249 e. The van der Waals surface area contributed by atoms with E-state index in [1.54, 1.807) is 11.5 Å². The van der Waals surface area contributed by atoms with E-state index in [4.69, 9.17) is 0 Å². The molecule has 1 heterocycles. The van der Waals surface area contributed by atoms with Gasteiger partial charge in [0.15, 0.2) is 6.29 Å². The van der Waals surface area contributed by atoms with Crippen LogP contribution in [0, 0.1) is 0 Å². The number of carbonyl (C=O) groups is 1. The van der Waals surface area contributed by atoms with Gasteiger partial charge in [0.2, 0.25) is 9.26 Å². The first-order valence-electron chi connectivity index (χ1n) is 4.50. The Morgan fingerprint density at radius 1 is 1.12 bits per heavy atom. The van der Waals surface area contributed by atoms with Gasteiger partial charge in [0.05, 0.1) is 4.91 Å². The molecule has 0 saturated heterocycles. The van der Waals surface area contributed by atoms with Crippen LogP contribution >= 0.6 is 0 Å². The fourth-order valence-electron chi connectivity index (χ4n) is 1.48. The van der Waals surface area contributed by atoms with E-state index in [0.29, 0.717) is 16.8 Å². The molecule has 0 saturated carbocycles. The molecular formula is C11H8O3S2. The molecule has 0 fully saturated rings. The molecule has 0 aliphatic carbocycles. The lowest BCUT2D eigenvalue weighted by molar-refractivity contribution is -0.104. The summed E-state index contributed by atoms with van der Waals surface area (Å²) in [4.78, 5) is 11.3. The van der Waals surface area contributed by atoms with Crippen LogP contribution in [0.1, 0.15) is 5.56 Å². The summed E-state index contributed by atoms with van der Waals surface area (Å²) < 4.78 is 21.8. The topological polar surface area (TPSA) is 51.2 Å². The standard InChI is InChI=1S/C11H8O3S2/c12-8-11-10(6-7-15(11)16(13)14)9-4-2-1-3-5-9/h1-8H. The minimum absolute atomic E-state index is 0.333. The molecule has 0 bridgehead atoms. The second-order valence-electron chi connectivity index (χ2n) is 3.07. The highest BCUT2D eigenvalue weighted by atomic mass is 32.9. The van der Waals surface area contributed by atoms with Crippen molar-refractivity contribution in [3.8, 4) is 0 Å². The van der Waals surface area contributed by atoms with E-state index in [0.717, 1.165) is 5.56 Å². The van der Waals surface area contributed by atoms with Gasteiger partial charge in [-0.05, 0) is 32.1 Å². The van der Waals surface area contributed by atoms with Gasteiger partial charge in [-0.3, -0.25) is 4.79 Å². The summed E-state index contributed by atoms with van der Waals surface area (Å²) in [6.07, 6.45) is 2.32. The fourth-order valence-corrected chi connectivity index (χ4v) is 3.89. The molecule has 1 aliphatic rings. The van der Waals surface area contributed by atoms with E-state index < -0.39 is 18.7 Å². The maximum atomic E-state index is 10.9. The van der Waals surface area contributed by atoms with Gasteiger partial charge in [-0.1, -0.05) is 30.3 Å². The van der Waals surface area contributed by atoms with Crippen LogP contribution in [0.15, 0.2) is 46.7 Å². The zero-order valence-corrected chi connectivity index (χ0v) is 9.79. The number of hydrogen-bond acceptors (Lipinski definition) is 3. The smallest absolute Gasteiger partial charge is 0.249 e. The monoisotopic (exact) mass is 252 g/mol. The average molecular weight is 252 g/mol. The van der Waals surface area contributed by atoms with Gasteiger partial charge in [0.1, 0.15) is 0 Å². The molecule has 0 spiro atoms. The highest BCUT2D eigenvalue weighted by Crippen LogP contribution is 2.27. The Morgan fingerprint density at radius 3 is 2.38 bits per heavy atom. The average Bonchev–Trinajstić information content (AvgIpc) is 2.73. The maximum absolute atomic E-state index is 10.9. The van der Waals surface area contributed by atoms with Crippen molar-refractivity contribution >= 4 is 30.6 Å². The number of hydrogen-bond donors (Lipinski definition) is 0. The van der Waals surface area contributed by atoms with Crippen LogP contribution in [0.25, 0.3) is 5.57 Å². The second-order valence-corrected chi connectivity index (χ2v) is 6.67. The molecule has 5 heteroatoms. The molecule has 0 aromatic heterocycles. The lowest BCUT2D eigenvalue weighted by atomic mass is 10.1. The number of aldehydes is 1. The Labute approximate surface area is 96.2 Å². The Bertz CT molecular complexity index is 614.